The molecule has 0 aliphatic carbocycles. The van der Waals surface area contributed by atoms with Crippen LogP contribution >= 0.6 is 0 Å². The van der Waals surface area contributed by atoms with Crippen LogP contribution in [0.4, 0.5) is 33.7 Å². The highest BCUT2D eigenvalue weighted by Crippen LogP contribution is 2.33. The molecular formula is C17H19F4N5O5. The lowest BCUT2D eigenvalue weighted by atomic mass is 10.1. The van der Waals surface area contributed by atoms with Crippen LogP contribution in [0.1, 0.15) is 12.0 Å². The number of morpholine rings is 1. The second kappa shape index (κ2) is 10.6. The lowest BCUT2D eigenvalue weighted by Crippen LogP contribution is -2.54. The van der Waals surface area contributed by atoms with E-state index in [-0.39, 0.29) is 31.1 Å². The molecular weight excluding hydrogens is 430 g/mol. The molecule has 0 bridgehead atoms. The predicted molar refractivity (Wildman–Crippen MR) is 98.7 cm³/mol. The fourth-order valence-corrected chi connectivity index (χ4v) is 2.66. The molecule has 1 atom stereocenters. The van der Waals surface area contributed by atoms with Crippen LogP contribution in [0.15, 0.2) is 18.2 Å². The minimum Gasteiger partial charge on any atom is -0.370 e. The van der Waals surface area contributed by atoms with Crippen molar-refractivity contribution in [3.8, 4) is 0 Å². The zero-order valence-corrected chi connectivity index (χ0v) is 15.9. The summed E-state index contributed by atoms with van der Waals surface area (Å²) in [6.45, 7) is -1.07. The number of carbonyl (C=O) groups excluding carboxylic acids is 4. The van der Waals surface area contributed by atoms with Crippen molar-refractivity contribution in [2.24, 2.45) is 5.73 Å². The summed E-state index contributed by atoms with van der Waals surface area (Å²) >= 11 is 0. The molecule has 1 aromatic carbocycles. The maximum atomic E-state index is 13.6. The van der Waals surface area contributed by atoms with Gasteiger partial charge in [-0.3, -0.25) is 14.4 Å². The van der Waals surface area contributed by atoms with E-state index in [1.165, 1.54) is 12.1 Å². The van der Waals surface area contributed by atoms with Crippen molar-refractivity contribution >= 4 is 35.1 Å². The first-order chi connectivity index (χ1) is 14.6. The first-order valence-corrected chi connectivity index (χ1v) is 8.83. The molecule has 5 amide bonds. The molecule has 1 saturated heterocycles. The number of carbonyl (C=O) groups is 4. The Morgan fingerprint density at radius 2 is 1.90 bits per heavy atom. The third-order valence-electron chi connectivity index (χ3n) is 4.05. The zero-order valence-electron chi connectivity index (χ0n) is 15.9. The number of rotatable bonds is 8. The number of hydrogen-bond donors (Lipinski definition) is 4. The van der Waals surface area contributed by atoms with Gasteiger partial charge >= 0.3 is 6.03 Å². The lowest BCUT2D eigenvalue weighted by Gasteiger charge is -2.29. The van der Waals surface area contributed by atoms with Gasteiger partial charge < -0.3 is 31.3 Å². The van der Waals surface area contributed by atoms with E-state index in [0.29, 0.717) is 0 Å². The summed E-state index contributed by atoms with van der Waals surface area (Å²) < 4.78 is 56.3. The van der Waals surface area contributed by atoms with Gasteiger partial charge in [-0.25, -0.2) is 22.4 Å². The molecule has 0 aromatic heterocycles. The van der Waals surface area contributed by atoms with E-state index >= 15 is 0 Å². The molecule has 1 fully saturated rings. The number of amides is 5. The van der Waals surface area contributed by atoms with Crippen molar-refractivity contribution in [1.82, 2.24) is 10.6 Å². The first kappa shape index (κ1) is 23.9. The largest absolute Gasteiger partial charge is 0.370 e. The Balaban J connectivity index is 2.17. The molecule has 5 N–H and O–H groups in total. The molecule has 1 aliphatic heterocycles. The van der Waals surface area contributed by atoms with Crippen LogP contribution in [-0.4, -0.2) is 62.5 Å². The second-order valence-corrected chi connectivity index (χ2v) is 6.24. The maximum Gasteiger partial charge on any atom is 0.316 e. The number of halogens is 4. The standard InChI is InChI=1S/C17H19F4N5O5/c18-11(19)6-23-17(30)25-13(15(22)28)16(29)24-8-1-2-10(9(5-8)14(20)21)26-3-4-31-7-12(26)27/h1-2,5,11,13-14H,3-4,6-7H2,(H2,22,28)(H,24,29)(H2,23,25,30)/t13-/m0/s1. The minimum atomic E-state index is -3.01. The van der Waals surface area contributed by atoms with Gasteiger partial charge in [-0.1, -0.05) is 0 Å². The van der Waals surface area contributed by atoms with Crippen LogP contribution in [0.25, 0.3) is 0 Å². The topological polar surface area (TPSA) is 143 Å². The Hall–Kier alpha value is -3.42. The number of nitrogens with one attached hydrogen (secondary N) is 3. The van der Waals surface area contributed by atoms with E-state index in [0.717, 1.165) is 11.0 Å². The molecule has 2 rings (SSSR count). The summed E-state index contributed by atoms with van der Waals surface area (Å²) in [5, 5.41) is 5.68. The Morgan fingerprint density at radius 1 is 1.19 bits per heavy atom. The van der Waals surface area contributed by atoms with Gasteiger partial charge in [0.2, 0.25) is 5.91 Å². The van der Waals surface area contributed by atoms with Gasteiger partial charge in [0.15, 0.2) is 6.04 Å². The monoisotopic (exact) mass is 449 g/mol. The van der Waals surface area contributed by atoms with Crippen molar-refractivity contribution in [2.45, 2.75) is 18.9 Å². The number of benzene rings is 1. The highest BCUT2D eigenvalue weighted by atomic mass is 19.3. The summed E-state index contributed by atoms with van der Waals surface area (Å²) in [6.07, 6.45) is -5.87. The molecule has 14 heteroatoms. The Labute approximate surface area is 173 Å². The van der Waals surface area contributed by atoms with Crippen molar-refractivity contribution < 1.29 is 41.5 Å². The number of ether oxygens (including phenoxy) is 1. The molecule has 1 aliphatic rings. The normalized spacial score (nSPS) is 15.0. The highest BCUT2D eigenvalue weighted by Gasteiger charge is 2.29. The van der Waals surface area contributed by atoms with E-state index in [4.69, 9.17) is 10.5 Å². The lowest BCUT2D eigenvalue weighted by molar-refractivity contribution is -0.128. The van der Waals surface area contributed by atoms with Crippen LogP contribution in [0.2, 0.25) is 0 Å². The Kier molecular flexibility index (Phi) is 8.13. The summed E-state index contributed by atoms with van der Waals surface area (Å²) in [4.78, 5) is 48.3. The molecule has 31 heavy (non-hydrogen) atoms. The van der Waals surface area contributed by atoms with Crippen molar-refractivity contribution in [3.63, 3.8) is 0 Å². The van der Waals surface area contributed by atoms with Gasteiger partial charge in [-0.2, -0.15) is 0 Å². The molecule has 0 spiro atoms. The molecule has 0 unspecified atom stereocenters. The van der Waals surface area contributed by atoms with Crippen LogP contribution in [0.3, 0.4) is 0 Å². The molecule has 1 heterocycles. The molecule has 170 valence electrons. The maximum absolute atomic E-state index is 13.6. The van der Waals surface area contributed by atoms with Gasteiger partial charge in [0.05, 0.1) is 18.8 Å². The smallest absolute Gasteiger partial charge is 0.316 e. The summed E-state index contributed by atoms with van der Waals surface area (Å²) in [6, 6.07) is 0.0659. The average molecular weight is 449 g/mol. The van der Waals surface area contributed by atoms with Crippen molar-refractivity contribution in [1.29, 1.82) is 0 Å². The summed E-state index contributed by atoms with van der Waals surface area (Å²) in [5.41, 5.74) is 4.23. The fourth-order valence-electron chi connectivity index (χ4n) is 2.66. The number of nitrogens with zero attached hydrogens (tertiary/aromatic N) is 1. The van der Waals surface area contributed by atoms with E-state index in [1.54, 1.807) is 5.32 Å². The van der Waals surface area contributed by atoms with Crippen molar-refractivity contribution in [3.05, 3.63) is 23.8 Å². The Bertz CT molecular complexity index is 854. The third-order valence-corrected chi connectivity index (χ3v) is 4.05. The minimum absolute atomic E-state index is 0.0612. The van der Waals surface area contributed by atoms with E-state index in [1.807, 2.05) is 5.32 Å². The zero-order chi connectivity index (χ0) is 23.1. The third kappa shape index (κ3) is 6.53. The number of nitrogens with two attached hydrogens (primary N) is 1. The molecule has 1 aromatic rings. The van der Waals surface area contributed by atoms with Crippen LogP contribution in [0, 0.1) is 0 Å². The summed E-state index contributed by atoms with van der Waals surface area (Å²) in [7, 11) is 0. The average Bonchev–Trinajstić information content (AvgIpc) is 2.70. The number of alkyl halides is 4. The van der Waals surface area contributed by atoms with Gasteiger partial charge in [0.1, 0.15) is 6.61 Å². The number of primary amides is 1. The SMILES string of the molecule is NC(=O)[C@H](NC(=O)NCC(F)F)C(=O)Nc1ccc(N2CCOCC2=O)c(C(F)F)c1. The van der Waals surface area contributed by atoms with E-state index in [9.17, 15) is 36.7 Å². The van der Waals surface area contributed by atoms with Crippen LogP contribution in [0.5, 0.6) is 0 Å². The first-order valence-electron chi connectivity index (χ1n) is 8.83. The Morgan fingerprint density at radius 3 is 2.48 bits per heavy atom. The fraction of sp³-hybridized carbons (Fsp3) is 0.412. The van der Waals surface area contributed by atoms with Gasteiger partial charge in [0.25, 0.3) is 24.7 Å². The highest BCUT2D eigenvalue weighted by molar-refractivity contribution is 6.11. The van der Waals surface area contributed by atoms with Crippen molar-refractivity contribution in [2.75, 3.05) is 36.5 Å². The van der Waals surface area contributed by atoms with Gasteiger partial charge in [0, 0.05) is 17.8 Å². The van der Waals surface area contributed by atoms with Crippen LogP contribution in [-0.2, 0) is 19.1 Å². The predicted octanol–water partition coefficient (Wildman–Crippen LogP) is 0.344. The van der Waals surface area contributed by atoms with Gasteiger partial charge in [-0.05, 0) is 18.2 Å². The molecule has 0 radical (unpaired) electrons. The van der Waals surface area contributed by atoms with E-state index < -0.39 is 54.8 Å². The number of anilines is 2. The van der Waals surface area contributed by atoms with Gasteiger partial charge in [-0.15, -0.1) is 0 Å². The van der Waals surface area contributed by atoms with Crippen LogP contribution < -0.4 is 26.6 Å². The van der Waals surface area contributed by atoms with E-state index in [2.05, 4.69) is 5.32 Å². The number of urea groups is 1. The molecule has 0 saturated carbocycles. The second-order valence-electron chi connectivity index (χ2n) is 6.24. The number of hydrogen-bond acceptors (Lipinski definition) is 5. The summed E-state index contributed by atoms with van der Waals surface area (Å²) in [5.74, 6) is -3.01. The quantitative estimate of drug-likeness (QED) is 0.335. The molecule has 10 nitrogen and oxygen atoms in total.